The smallest absolute Gasteiger partial charge is 0.271 e. The normalized spacial score (nSPS) is 14.9. The summed E-state index contributed by atoms with van der Waals surface area (Å²) in [5.74, 6) is -0.743. The van der Waals surface area contributed by atoms with E-state index in [1.807, 2.05) is 37.3 Å². The lowest BCUT2D eigenvalue weighted by molar-refractivity contribution is -0.131. The Kier molecular flexibility index (Phi) is 9.40. The summed E-state index contributed by atoms with van der Waals surface area (Å²) in [4.78, 5) is 41.0. The molecule has 3 aromatic rings. The van der Waals surface area contributed by atoms with Crippen LogP contribution in [0.15, 0.2) is 72.8 Å². The van der Waals surface area contributed by atoms with Crippen LogP contribution in [0.1, 0.15) is 35.7 Å². The number of amides is 3. The van der Waals surface area contributed by atoms with Crippen molar-refractivity contribution in [3.05, 3.63) is 94.0 Å². The van der Waals surface area contributed by atoms with Crippen LogP contribution >= 0.6 is 35.4 Å². The molecule has 0 aromatic heterocycles. The van der Waals surface area contributed by atoms with Crippen LogP contribution in [0.5, 0.6) is 5.75 Å². The third-order valence-corrected chi connectivity index (χ3v) is 6.84. The number of carbonyl (C=O) groups is 3. The van der Waals surface area contributed by atoms with Crippen molar-refractivity contribution in [3.8, 4) is 5.75 Å². The average molecular weight is 586 g/mol. The monoisotopic (exact) mass is 584 g/mol. The maximum absolute atomic E-state index is 13.5. The van der Waals surface area contributed by atoms with Crippen LogP contribution in [-0.2, 0) is 16.1 Å². The summed E-state index contributed by atoms with van der Waals surface area (Å²) in [5, 5.41) is 4.61. The Morgan fingerprint density at radius 3 is 2.41 bits per heavy atom. The third kappa shape index (κ3) is 7.06. The van der Waals surface area contributed by atoms with Crippen LogP contribution in [0.3, 0.4) is 0 Å². The summed E-state index contributed by atoms with van der Waals surface area (Å²) >= 11 is 17.8. The van der Waals surface area contributed by atoms with Gasteiger partial charge in [0.25, 0.3) is 11.8 Å². The zero-order chi connectivity index (χ0) is 27.9. The molecular weight excluding hydrogens is 559 g/mol. The van der Waals surface area contributed by atoms with Crippen LogP contribution < -0.4 is 15.5 Å². The minimum Gasteiger partial charge on any atom is -0.494 e. The molecule has 2 N–H and O–H groups in total. The first-order valence-electron chi connectivity index (χ1n) is 12.2. The first-order chi connectivity index (χ1) is 18.8. The van der Waals surface area contributed by atoms with E-state index in [9.17, 15) is 14.4 Å². The minimum absolute atomic E-state index is 0.0671. The van der Waals surface area contributed by atoms with Crippen molar-refractivity contribution >= 4 is 63.9 Å². The highest BCUT2D eigenvalue weighted by Gasteiger charge is 2.44. The number of ether oxygens (including phenoxy) is 1. The lowest BCUT2D eigenvalue weighted by Gasteiger charge is -2.24. The quantitative estimate of drug-likeness (QED) is 0.308. The Bertz CT molecular complexity index is 1370. The molecule has 3 aromatic carbocycles. The average Bonchev–Trinajstić information content (AvgIpc) is 3.12. The van der Waals surface area contributed by atoms with Gasteiger partial charge in [-0.25, -0.2) is 5.01 Å². The molecule has 8 nitrogen and oxygen atoms in total. The molecule has 39 heavy (non-hydrogen) atoms. The lowest BCUT2D eigenvalue weighted by Crippen LogP contribution is -2.49. The second-order valence-electron chi connectivity index (χ2n) is 8.77. The van der Waals surface area contributed by atoms with Gasteiger partial charge < -0.3 is 10.1 Å². The van der Waals surface area contributed by atoms with Crippen LogP contribution in [0, 0.1) is 0 Å². The molecule has 0 aliphatic carbocycles. The van der Waals surface area contributed by atoms with Crippen molar-refractivity contribution in [3.63, 3.8) is 0 Å². The number of nitrogens with one attached hydrogen (secondary N) is 2. The maximum atomic E-state index is 13.5. The van der Waals surface area contributed by atoms with E-state index in [2.05, 4.69) is 10.7 Å². The number of hydrazine groups is 1. The van der Waals surface area contributed by atoms with Gasteiger partial charge >= 0.3 is 0 Å². The molecule has 1 atom stereocenters. The highest BCUT2D eigenvalue weighted by Crippen LogP contribution is 2.25. The molecule has 202 valence electrons. The van der Waals surface area contributed by atoms with Crippen LogP contribution in [0.25, 0.3) is 0 Å². The summed E-state index contributed by atoms with van der Waals surface area (Å²) in [7, 11) is 0. The second kappa shape index (κ2) is 12.9. The van der Waals surface area contributed by atoms with Crippen molar-refractivity contribution in [2.45, 2.75) is 32.4 Å². The molecule has 1 unspecified atom stereocenters. The fourth-order valence-electron chi connectivity index (χ4n) is 3.95. The van der Waals surface area contributed by atoms with Crippen molar-refractivity contribution in [1.29, 1.82) is 0 Å². The molecule has 11 heteroatoms. The summed E-state index contributed by atoms with van der Waals surface area (Å²) in [6, 6.07) is 19.6. The zero-order valence-electron chi connectivity index (χ0n) is 21.0. The van der Waals surface area contributed by atoms with E-state index in [-0.39, 0.29) is 28.7 Å². The summed E-state index contributed by atoms with van der Waals surface area (Å²) in [5.41, 5.74) is 4.20. The zero-order valence-corrected chi connectivity index (χ0v) is 23.4. The standard InChI is InChI=1S/C28H26Cl2N4O4S/c1-2-14-38-21-11-9-20(10-12-21)31-25(35)16-24-27(37)33(17-18-6-4-3-5-7-18)28(39)34(24)32-26(36)22-13-8-19(29)15-23(22)30/h3-13,15,24H,2,14,16-17H2,1H3,(H,31,35)(H,32,36). The Morgan fingerprint density at radius 1 is 1.03 bits per heavy atom. The fraction of sp³-hybridized carbons (Fsp3) is 0.214. The third-order valence-electron chi connectivity index (χ3n) is 5.87. The molecule has 1 heterocycles. The number of rotatable bonds is 10. The Labute approximate surface area is 241 Å². The molecule has 1 saturated heterocycles. The molecule has 1 aliphatic rings. The van der Waals surface area contributed by atoms with Gasteiger partial charge in [0.1, 0.15) is 11.8 Å². The van der Waals surface area contributed by atoms with Crippen molar-refractivity contribution in [1.82, 2.24) is 15.3 Å². The number of carbonyl (C=O) groups excluding carboxylic acids is 3. The summed E-state index contributed by atoms with van der Waals surface area (Å²) in [6.45, 7) is 2.79. The van der Waals surface area contributed by atoms with E-state index in [1.165, 1.54) is 28.1 Å². The maximum Gasteiger partial charge on any atom is 0.271 e. The first kappa shape index (κ1) is 28.4. The molecule has 4 rings (SSSR count). The highest BCUT2D eigenvalue weighted by atomic mass is 35.5. The number of halogens is 2. The van der Waals surface area contributed by atoms with Crippen LogP contribution in [-0.4, -0.2) is 45.4 Å². The second-order valence-corrected chi connectivity index (χ2v) is 9.98. The van der Waals surface area contributed by atoms with Crippen LogP contribution in [0.2, 0.25) is 10.0 Å². The Morgan fingerprint density at radius 2 is 1.74 bits per heavy atom. The van der Waals surface area contributed by atoms with Gasteiger partial charge in [-0.3, -0.25) is 24.7 Å². The predicted molar refractivity (Wildman–Crippen MR) is 155 cm³/mol. The largest absolute Gasteiger partial charge is 0.494 e. The number of anilines is 1. The lowest BCUT2D eigenvalue weighted by atomic mass is 10.1. The highest BCUT2D eigenvalue weighted by molar-refractivity contribution is 7.80. The van der Waals surface area contributed by atoms with Gasteiger partial charge in [-0.15, -0.1) is 0 Å². The molecule has 0 bridgehead atoms. The summed E-state index contributed by atoms with van der Waals surface area (Å²) in [6.07, 6.45) is 0.626. The van der Waals surface area contributed by atoms with E-state index >= 15 is 0 Å². The molecule has 1 fully saturated rings. The molecule has 3 amide bonds. The van der Waals surface area contributed by atoms with E-state index < -0.39 is 23.8 Å². The van der Waals surface area contributed by atoms with Gasteiger partial charge in [0.15, 0.2) is 5.11 Å². The van der Waals surface area contributed by atoms with Crippen molar-refractivity contribution < 1.29 is 19.1 Å². The molecule has 1 aliphatic heterocycles. The van der Waals surface area contributed by atoms with E-state index in [4.69, 9.17) is 40.2 Å². The van der Waals surface area contributed by atoms with Gasteiger partial charge in [0, 0.05) is 10.7 Å². The number of nitrogens with zero attached hydrogens (tertiary/aromatic N) is 2. The van der Waals surface area contributed by atoms with Crippen LogP contribution in [0.4, 0.5) is 5.69 Å². The van der Waals surface area contributed by atoms with E-state index in [1.54, 1.807) is 24.3 Å². The fourth-order valence-corrected chi connectivity index (χ4v) is 4.77. The van der Waals surface area contributed by atoms with Gasteiger partial charge in [-0.2, -0.15) is 0 Å². The topological polar surface area (TPSA) is 91.0 Å². The molecular formula is C28H26Cl2N4O4S. The molecule has 0 radical (unpaired) electrons. The van der Waals surface area contributed by atoms with Crippen molar-refractivity contribution in [2.75, 3.05) is 11.9 Å². The molecule has 0 spiro atoms. The van der Waals surface area contributed by atoms with Gasteiger partial charge in [-0.1, -0.05) is 60.5 Å². The number of thiocarbonyl (C=S) groups is 1. The molecule has 0 saturated carbocycles. The van der Waals surface area contributed by atoms with Crippen molar-refractivity contribution in [2.24, 2.45) is 0 Å². The Hall–Kier alpha value is -3.66. The number of hydrogen-bond donors (Lipinski definition) is 2. The van der Waals surface area contributed by atoms with E-state index in [0.717, 1.165) is 12.0 Å². The number of hydrogen-bond acceptors (Lipinski definition) is 5. The van der Waals surface area contributed by atoms with E-state index in [0.29, 0.717) is 23.1 Å². The minimum atomic E-state index is -1.07. The van der Waals surface area contributed by atoms with Gasteiger partial charge in [0.2, 0.25) is 5.91 Å². The van der Waals surface area contributed by atoms with Gasteiger partial charge in [-0.05, 0) is 66.7 Å². The Balaban J connectivity index is 1.52. The van der Waals surface area contributed by atoms with Gasteiger partial charge in [0.05, 0.1) is 30.2 Å². The number of benzene rings is 3. The SMILES string of the molecule is CCCOc1ccc(NC(=O)CC2C(=O)N(Cc3ccccc3)C(=S)N2NC(=O)c2ccc(Cl)cc2Cl)cc1. The predicted octanol–water partition coefficient (Wildman–Crippen LogP) is 5.45. The first-order valence-corrected chi connectivity index (χ1v) is 13.4. The summed E-state index contributed by atoms with van der Waals surface area (Å²) < 4.78 is 5.57.